The first-order valence-corrected chi connectivity index (χ1v) is 14.8. The van der Waals surface area contributed by atoms with Gasteiger partial charge in [0, 0.05) is 24.7 Å². The maximum atomic E-state index is 12.5. The summed E-state index contributed by atoms with van der Waals surface area (Å²) in [5.41, 5.74) is 2.27. The summed E-state index contributed by atoms with van der Waals surface area (Å²) in [6.45, 7) is 5.98. The van der Waals surface area contributed by atoms with E-state index in [0.29, 0.717) is 29.4 Å². The van der Waals surface area contributed by atoms with E-state index in [0.717, 1.165) is 49.8 Å². The van der Waals surface area contributed by atoms with Gasteiger partial charge in [0.25, 0.3) is 5.91 Å². The van der Waals surface area contributed by atoms with Crippen molar-refractivity contribution >= 4 is 29.5 Å². The van der Waals surface area contributed by atoms with Crippen molar-refractivity contribution in [1.29, 1.82) is 0 Å². The quantitative estimate of drug-likeness (QED) is 0.127. The van der Waals surface area contributed by atoms with Crippen molar-refractivity contribution in [3.05, 3.63) is 88.4 Å². The monoisotopic (exact) mass is 647 g/mol. The predicted octanol–water partition coefficient (Wildman–Crippen LogP) is 8.16. The molecule has 2 aromatic heterocycles. The molecule has 0 aliphatic rings. The molecule has 13 heteroatoms. The van der Waals surface area contributed by atoms with Crippen molar-refractivity contribution in [3.63, 3.8) is 0 Å². The van der Waals surface area contributed by atoms with Crippen molar-refractivity contribution < 1.29 is 41.0 Å². The normalized spacial score (nSPS) is 12.3. The molecule has 0 saturated carbocycles. The average molecular weight is 647 g/mol. The number of phenols is 1. The van der Waals surface area contributed by atoms with E-state index in [9.17, 15) is 41.0 Å². The molecule has 2 N–H and O–H groups in total. The van der Waals surface area contributed by atoms with E-state index in [4.69, 9.17) is 0 Å². The van der Waals surface area contributed by atoms with Gasteiger partial charge in [-0.1, -0.05) is 43.2 Å². The number of phenolic OH excluding ortho intramolecular Hbond substituents is 1. The molecular weight excluding hydrogens is 611 g/mol. The second-order valence-electron chi connectivity index (χ2n) is 11.2. The first kappa shape index (κ1) is 36.3. The summed E-state index contributed by atoms with van der Waals surface area (Å²) < 4.78 is 74.6. The van der Waals surface area contributed by atoms with Crippen LogP contribution in [0.4, 0.5) is 26.3 Å². The molecule has 0 aliphatic carbocycles. The Morgan fingerprint density at radius 3 is 2.22 bits per heavy atom. The number of aromatic hydroxyl groups is 1. The van der Waals surface area contributed by atoms with Gasteiger partial charge in [-0.3, -0.25) is 14.3 Å². The number of rotatable bonds is 11. The Morgan fingerprint density at radius 1 is 0.957 bits per heavy atom. The van der Waals surface area contributed by atoms with Gasteiger partial charge >= 0.3 is 68.5 Å². The van der Waals surface area contributed by atoms with Gasteiger partial charge in [-0.15, -0.1) is 0 Å². The molecule has 6 nitrogen and oxygen atoms in total. The Labute approximate surface area is 264 Å². The zero-order valence-corrected chi connectivity index (χ0v) is 25.8. The molecule has 0 aliphatic heterocycles. The number of carbonyl (C=O) groups excluding carboxylic acids is 2. The number of ketones is 1. The number of halogens is 6. The van der Waals surface area contributed by atoms with Gasteiger partial charge in [-0.05, 0) is 44.2 Å². The van der Waals surface area contributed by atoms with E-state index in [1.807, 2.05) is 31.2 Å². The van der Waals surface area contributed by atoms with Crippen LogP contribution in [0.25, 0.3) is 10.9 Å². The van der Waals surface area contributed by atoms with Crippen molar-refractivity contribution in [2.45, 2.75) is 71.8 Å². The fourth-order valence-electron chi connectivity index (χ4n) is 4.86. The molecule has 2 heterocycles. The van der Waals surface area contributed by atoms with Gasteiger partial charge in [0.05, 0.1) is 16.5 Å². The van der Waals surface area contributed by atoms with Crippen LogP contribution in [0, 0.1) is 19.8 Å². The molecule has 0 bridgehead atoms. The van der Waals surface area contributed by atoms with Gasteiger partial charge < -0.3 is 10.4 Å². The molecule has 46 heavy (non-hydrogen) atoms. The fourth-order valence-corrected chi connectivity index (χ4v) is 4.86. The van der Waals surface area contributed by atoms with E-state index >= 15 is 0 Å². The molecule has 246 valence electrons. The number of carbonyl (C=O) groups is 2. The number of nitrogens with one attached hydrogen (secondary N) is 1. The van der Waals surface area contributed by atoms with Crippen LogP contribution in [0.3, 0.4) is 0 Å². The SMILES string of the molecule is CCCC(CCCC(=O)c1ccc(C)cc1)Cn1cc2c(O)c(C(=O)NCC(F)(F)F)ccc2n1.Cc1cbc(C(F)(F)F)cc1. The zero-order chi connectivity index (χ0) is 34.1. The first-order valence-electron chi connectivity index (χ1n) is 14.8. The summed E-state index contributed by atoms with van der Waals surface area (Å²) in [5.74, 6) is 0.423. The second-order valence-corrected chi connectivity index (χ2v) is 11.2. The summed E-state index contributed by atoms with van der Waals surface area (Å²) in [6, 6.07) is 12.8. The van der Waals surface area contributed by atoms with Gasteiger partial charge in [0.2, 0.25) is 0 Å². The summed E-state index contributed by atoms with van der Waals surface area (Å²) in [4.78, 5) is 24.5. The van der Waals surface area contributed by atoms with Gasteiger partial charge in [0.1, 0.15) is 12.3 Å². The molecule has 2 aromatic carbocycles. The summed E-state index contributed by atoms with van der Waals surface area (Å²) >= 11 is 0. The summed E-state index contributed by atoms with van der Waals surface area (Å²) in [7, 11) is 0. The van der Waals surface area contributed by atoms with Gasteiger partial charge in [-0.2, -0.15) is 18.3 Å². The molecule has 0 fully saturated rings. The van der Waals surface area contributed by atoms with Crippen LogP contribution in [0.2, 0.25) is 0 Å². The van der Waals surface area contributed by atoms with Crippen LogP contribution in [0.15, 0.2) is 60.7 Å². The van der Waals surface area contributed by atoms with Crippen LogP contribution in [-0.2, 0) is 12.7 Å². The number of fused-ring (bicyclic) bond motifs is 1. The topological polar surface area (TPSA) is 84.2 Å². The van der Waals surface area contributed by atoms with Crippen LogP contribution in [0.5, 0.6) is 5.75 Å². The van der Waals surface area contributed by atoms with Crippen LogP contribution < -0.4 is 5.32 Å². The summed E-state index contributed by atoms with van der Waals surface area (Å²) in [5, 5.41) is 17.0. The Hall–Kier alpha value is -4.16. The first-order chi connectivity index (χ1) is 21.6. The molecule has 1 atom stereocenters. The van der Waals surface area contributed by atoms with Crippen molar-refractivity contribution in [2.24, 2.45) is 5.92 Å². The average Bonchev–Trinajstić information content (AvgIpc) is 3.40. The molecule has 0 spiro atoms. The predicted molar refractivity (Wildman–Crippen MR) is 165 cm³/mol. The number of alkyl halides is 6. The van der Waals surface area contributed by atoms with Crippen LogP contribution in [0.1, 0.15) is 76.3 Å². The minimum atomic E-state index is -4.54. The minimum absolute atomic E-state index is 0.117. The fraction of sp³-hybridized carbons (Fsp3) is 0.394. The van der Waals surface area contributed by atoms with Gasteiger partial charge in [-0.25, -0.2) is 0 Å². The Morgan fingerprint density at radius 2 is 1.63 bits per heavy atom. The third kappa shape index (κ3) is 11.0. The summed E-state index contributed by atoms with van der Waals surface area (Å²) in [6.07, 6.45) is -3.22. The van der Waals surface area contributed by atoms with Crippen molar-refractivity contribution in [2.75, 3.05) is 6.54 Å². The molecule has 4 rings (SSSR count). The molecule has 1 amide bonds. The van der Waals surface area contributed by atoms with E-state index in [-0.39, 0.29) is 17.3 Å². The van der Waals surface area contributed by atoms with E-state index in [1.54, 1.807) is 23.1 Å². The molecule has 1 unspecified atom stereocenters. The van der Waals surface area contributed by atoms with E-state index in [2.05, 4.69) is 12.0 Å². The zero-order valence-electron chi connectivity index (χ0n) is 25.8. The second kappa shape index (κ2) is 15.9. The number of Topliss-reactive ketones (excluding diaryl/α,β-unsaturated/α-hetero) is 1. The van der Waals surface area contributed by atoms with Crippen LogP contribution >= 0.6 is 0 Å². The molecule has 4 aromatic rings. The van der Waals surface area contributed by atoms with Gasteiger partial charge in [0.15, 0.2) is 5.78 Å². The number of benzene rings is 2. The third-order valence-electron chi connectivity index (χ3n) is 7.31. The Balaban J connectivity index is 0.000000441. The number of nitrogens with zero attached hydrogens (tertiary/aromatic N) is 2. The van der Waals surface area contributed by atoms with Crippen molar-refractivity contribution in [1.82, 2.24) is 15.1 Å². The molecule has 0 saturated heterocycles. The number of hydrogen-bond acceptors (Lipinski definition) is 4. The maximum absolute atomic E-state index is 12.5. The third-order valence-corrected chi connectivity index (χ3v) is 7.31. The molecule has 0 radical (unpaired) electrons. The number of amides is 1. The number of hydrogen-bond donors (Lipinski definition) is 2. The van der Waals surface area contributed by atoms with Crippen LogP contribution in [-0.4, -0.2) is 46.2 Å². The standard InChI is InChI=1S/C26H30F3N3O3.C7H6BF3/c1-3-5-18(6-4-7-23(33)19-10-8-17(2)9-11-19)14-32-15-21-22(31-32)13-12-20(24(21)34)25(35)30-16-26(27,28)29;1-5-2-3-6(8-4-5)7(9,10)11/h8-13,15,18,34H,3-7,14,16H2,1-2H3,(H,30,35);2-4H,1H3. The van der Waals surface area contributed by atoms with E-state index in [1.165, 1.54) is 24.2 Å². The number of aryl methyl sites for hydroxylation is 2. The molecular formula is C33H36BF6N3O3. The Bertz CT molecular complexity index is 1600. The Kier molecular flexibility index (Phi) is 12.6. The number of aromatic nitrogens is 2. The van der Waals surface area contributed by atoms with E-state index < -0.39 is 36.0 Å². The van der Waals surface area contributed by atoms with Crippen molar-refractivity contribution in [3.8, 4) is 5.75 Å².